The van der Waals surface area contributed by atoms with Gasteiger partial charge in [-0.25, -0.2) is 0 Å². The molecule has 1 saturated carbocycles. The highest BCUT2D eigenvalue weighted by molar-refractivity contribution is 5.07. The summed E-state index contributed by atoms with van der Waals surface area (Å²) in [6, 6.07) is 0.185. The molecule has 4 heteroatoms. The smallest absolute Gasteiger partial charge is 0.312 e. The molecule has 1 aromatic rings. The second-order valence-corrected chi connectivity index (χ2v) is 3.59. The molecule has 0 aliphatic heterocycles. The number of hydrogen-bond acceptors (Lipinski definition) is 4. The highest BCUT2D eigenvalue weighted by Gasteiger charge is 2.26. The van der Waals surface area contributed by atoms with Gasteiger partial charge in [0, 0.05) is 5.92 Å². The number of hydrogen-bond donors (Lipinski definition) is 1. The average Bonchev–Trinajstić information content (AvgIpc) is 2.58. The van der Waals surface area contributed by atoms with E-state index < -0.39 is 0 Å². The highest BCUT2D eigenvalue weighted by Crippen LogP contribution is 2.37. The van der Waals surface area contributed by atoms with E-state index in [1.54, 1.807) is 0 Å². The number of rotatable bonds is 1. The normalized spacial score (nSPS) is 29.4. The van der Waals surface area contributed by atoms with Gasteiger partial charge in [-0.3, -0.25) is 0 Å². The predicted octanol–water partition coefficient (Wildman–Crippen LogP) is 1.56. The molecule has 12 heavy (non-hydrogen) atoms. The Morgan fingerprint density at radius 2 is 2.25 bits per heavy atom. The highest BCUT2D eigenvalue weighted by atomic mass is 16.4. The van der Waals surface area contributed by atoms with Gasteiger partial charge in [0.1, 0.15) is 0 Å². The minimum absolute atomic E-state index is 0.185. The summed E-state index contributed by atoms with van der Waals surface area (Å²) in [6.45, 7) is 2.25. The SMILES string of the molecule is C[C@H]1CC[C@@H](c2nnc(N)o2)C1. The van der Waals surface area contributed by atoms with Gasteiger partial charge < -0.3 is 10.2 Å². The zero-order valence-electron chi connectivity index (χ0n) is 7.16. The summed E-state index contributed by atoms with van der Waals surface area (Å²) in [7, 11) is 0. The topological polar surface area (TPSA) is 64.9 Å². The number of nitrogen functional groups attached to an aromatic ring is 1. The van der Waals surface area contributed by atoms with Crippen molar-refractivity contribution in [2.75, 3.05) is 5.73 Å². The van der Waals surface area contributed by atoms with E-state index in [0.717, 1.165) is 24.7 Å². The second-order valence-electron chi connectivity index (χ2n) is 3.59. The molecule has 0 radical (unpaired) electrons. The van der Waals surface area contributed by atoms with Crippen molar-refractivity contribution in [1.82, 2.24) is 10.2 Å². The summed E-state index contributed by atoms with van der Waals surface area (Å²) in [5.41, 5.74) is 5.34. The summed E-state index contributed by atoms with van der Waals surface area (Å²) < 4.78 is 5.17. The average molecular weight is 167 g/mol. The molecule has 2 N–H and O–H groups in total. The van der Waals surface area contributed by atoms with Crippen LogP contribution in [-0.4, -0.2) is 10.2 Å². The summed E-state index contributed by atoms with van der Waals surface area (Å²) in [5.74, 6) is 1.95. The van der Waals surface area contributed by atoms with Gasteiger partial charge in [-0.2, -0.15) is 0 Å². The Morgan fingerprint density at radius 3 is 2.75 bits per heavy atom. The van der Waals surface area contributed by atoms with Gasteiger partial charge in [-0.15, -0.1) is 5.10 Å². The first kappa shape index (κ1) is 7.58. The summed E-state index contributed by atoms with van der Waals surface area (Å²) >= 11 is 0. The van der Waals surface area contributed by atoms with Crippen molar-refractivity contribution in [3.63, 3.8) is 0 Å². The number of aromatic nitrogens is 2. The van der Waals surface area contributed by atoms with Crippen LogP contribution in [0.3, 0.4) is 0 Å². The molecule has 66 valence electrons. The fourth-order valence-corrected chi connectivity index (χ4v) is 1.84. The monoisotopic (exact) mass is 167 g/mol. The molecule has 1 fully saturated rings. The first-order valence-electron chi connectivity index (χ1n) is 4.34. The number of anilines is 1. The minimum atomic E-state index is 0.185. The second kappa shape index (κ2) is 2.77. The molecule has 0 spiro atoms. The quantitative estimate of drug-likeness (QED) is 0.689. The van der Waals surface area contributed by atoms with Crippen molar-refractivity contribution in [3.8, 4) is 0 Å². The van der Waals surface area contributed by atoms with Crippen molar-refractivity contribution in [2.45, 2.75) is 32.1 Å². The molecule has 1 aliphatic rings. The Morgan fingerprint density at radius 1 is 1.42 bits per heavy atom. The summed E-state index contributed by atoms with van der Waals surface area (Å²) in [4.78, 5) is 0. The fourth-order valence-electron chi connectivity index (χ4n) is 1.84. The Balaban J connectivity index is 2.11. The van der Waals surface area contributed by atoms with Crippen LogP contribution in [0.25, 0.3) is 0 Å². The summed E-state index contributed by atoms with van der Waals surface area (Å²) in [6.07, 6.45) is 3.57. The van der Waals surface area contributed by atoms with Crippen LogP contribution < -0.4 is 5.73 Å². The van der Waals surface area contributed by atoms with Gasteiger partial charge in [0.05, 0.1) is 0 Å². The van der Waals surface area contributed by atoms with Crippen LogP contribution in [0.5, 0.6) is 0 Å². The molecule has 2 rings (SSSR count). The van der Waals surface area contributed by atoms with Crippen molar-refractivity contribution in [3.05, 3.63) is 5.89 Å². The van der Waals surface area contributed by atoms with Gasteiger partial charge >= 0.3 is 6.01 Å². The van der Waals surface area contributed by atoms with E-state index in [0.29, 0.717) is 5.92 Å². The van der Waals surface area contributed by atoms with Gasteiger partial charge in [-0.1, -0.05) is 12.0 Å². The molecule has 1 aromatic heterocycles. The number of nitrogens with two attached hydrogens (primary N) is 1. The van der Waals surface area contributed by atoms with E-state index >= 15 is 0 Å². The van der Waals surface area contributed by atoms with Gasteiger partial charge in [0.25, 0.3) is 0 Å². The Labute approximate surface area is 71.2 Å². The lowest BCUT2D eigenvalue weighted by Gasteiger charge is -2.01. The van der Waals surface area contributed by atoms with Crippen molar-refractivity contribution in [2.24, 2.45) is 5.92 Å². The minimum Gasteiger partial charge on any atom is -0.408 e. The largest absolute Gasteiger partial charge is 0.408 e. The van der Waals surface area contributed by atoms with Crippen LogP contribution in [0.15, 0.2) is 4.42 Å². The molecule has 0 aromatic carbocycles. The maximum Gasteiger partial charge on any atom is 0.312 e. The molecule has 0 unspecified atom stereocenters. The molecular formula is C8H13N3O. The van der Waals surface area contributed by atoms with Crippen molar-refractivity contribution >= 4 is 6.01 Å². The van der Waals surface area contributed by atoms with E-state index in [9.17, 15) is 0 Å². The third kappa shape index (κ3) is 1.29. The standard InChI is InChI=1S/C8H13N3O/c1-5-2-3-6(4-5)7-10-11-8(9)12-7/h5-6H,2-4H2,1H3,(H2,9,11)/t5-,6+/m0/s1. The van der Waals surface area contributed by atoms with Crippen LogP contribution in [-0.2, 0) is 0 Å². The van der Waals surface area contributed by atoms with Crippen LogP contribution in [0.1, 0.15) is 38.0 Å². The molecule has 0 saturated heterocycles. The van der Waals surface area contributed by atoms with E-state index in [4.69, 9.17) is 10.2 Å². The lowest BCUT2D eigenvalue weighted by molar-refractivity contribution is 0.452. The summed E-state index contributed by atoms with van der Waals surface area (Å²) in [5, 5.41) is 7.54. The van der Waals surface area contributed by atoms with E-state index in [1.807, 2.05) is 0 Å². The van der Waals surface area contributed by atoms with Crippen molar-refractivity contribution < 1.29 is 4.42 Å². The maximum absolute atomic E-state index is 5.34. The lowest BCUT2D eigenvalue weighted by Crippen LogP contribution is -1.93. The maximum atomic E-state index is 5.34. The molecule has 4 nitrogen and oxygen atoms in total. The molecule has 1 heterocycles. The van der Waals surface area contributed by atoms with Crippen LogP contribution in [0.4, 0.5) is 6.01 Å². The van der Waals surface area contributed by atoms with E-state index in [1.165, 1.54) is 6.42 Å². The van der Waals surface area contributed by atoms with Gasteiger partial charge in [0.15, 0.2) is 0 Å². The van der Waals surface area contributed by atoms with Crippen molar-refractivity contribution in [1.29, 1.82) is 0 Å². The molecule has 0 bridgehead atoms. The van der Waals surface area contributed by atoms with Crippen LogP contribution >= 0.6 is 0 Å². The Hall–Kier alpha value is -1.06. The lowest BCUT2D eigenvalue weighted by atomic mass is 10.1. The molecule has 1 aliphatic carbocycles. The zero-order chi connectivity index (χ0) is 8.55. The zero-order valence-corrected chi connectivity index (χ0v) is 7.16. The van der Waals surface area contributed by atoms with E-state index in [2.05, 4.69) is 17.1 Å². The third-order valence-electron chi connectivity index (χ3n) is 2.50. The Kier molecular flexibility index (Phi) is 1.75. The van der Waals surface area contributed by atoms with Crippen LogP contribution in [0, 0.1) is 5.92 Å². The Bertz CT molecular complexity index is 271. The van der Waals surface area contributed by atoms with Gasteiger partial charge in [-0.05, 0) is 25.2 Å². The first-order chi connectivity index (χ1) is 5.75. The third-order valence-corrected chi connectivity index (χ3v) is 2.50. The number of nitrogens with zero attached hydrogens (tertiary/aromatic N) is 2. The molecule has 0 amide bonds. The molecular weight excluding hydrogens is 154 g/mol. The van der Waals surface area contributed by atoms with E-state index in [-0.39, 0.29) is 6.01 Å². The predicted molar refractivity (Wildman–Crippen MR) is 44.5 cm³/mol. The van der Waals surface area contributed by atoms with Gasteiger partial charge in [0.2, 0.25) is 5.89 Å². The first-order valence-corrected chi connectivity index (χ1v) is 4.34. The fraction of sp³-hybridized carbons (Fsp3) is 0.750. The molecule has 2 atom stereocenters. The van der Waals surface area contributed by atoms with Crippen LogP contribution in [0.2, 0.25) is 0 Å².